The van der Waals surface area contributed by atoms with Crippen LogP contribution in [0.5, 0.6) is 5.75 Å². The van der Waals surface area contributed by atoms with Crippen molar-refractivity contribution in [2.75, 3.05) is 33.3 Å². The number of halogens is 3. The average molecular weight is 502 g/mol. The summed E-state index contributed by atoms with van der Waals surface area (Å²) in [6, 6.07) is 8.21. The van der Waals surface area contributed by atoms with Crippen molar-refractivity contribution in [1.82, 2.24) is 26.0 Å². The molecule has 7 nitrogen and oxygen atoms in total. The van der Waals surface area contributed by atoms with Gasteiger partial charge in [-0.25, -0.2) is 23.4 Å². The van der Waals surface area contributed by atoms with Crippen LogP contribution in [0.15, 0.2) is 47.7 Å². The normalized spacial score (nSPS) is 22.3. The molecule has 2 aromatic rings. The molecule has 5 rings (SSSR count). The number of amides is 2. The lowest BCUT2D eigenvalue weighted by Gasteiger charge is -2.35. The molecule has 3 aliphatic rings. The van der Waals surface area contributed by atoms with Crippen LogP contribution in [0.3, 0.4) is 0 Å². The quantitative estimate of drug-likeness (QED) is 0.584. The van der Waals surface area contributed by atoms with Gasteiger partial charge >= 0.3 is 6.03 Å². The Morgan fingerprint density at radius 1 is 1.14 bits per heavy atom. The van der Waals surface area contributed by atoms with Crippen LogP contribution >= 0.6 is 0 Å². The van der Waals surface area contributed by atoms with Crippen LogP contribution in [0.25, 0.3) is 0 Å². The summed E-state index contributed by atoms with van der Waals surface area (Å²) in [6.45, 7) is 2.38. The summed E-state index contributed by atoms with van der Waals surface area (Å²) >= 11 is 0. The molecule has 3 aliphatic heterocycles. The van der Waals surface area contributed by atoms with Crippen molar-refractivity contribution >= 4 is 6.03 Å². The van der Waals surface area contributed by atoms with Gasteiger partial charge in [-0.15, -0.1) is 0 Å². The SMILES string of the molecule is COc1ccc(C2NNC3=C2CN(C(=O)N[C@@H]2CCCN(Cc4c(F)cccc4F)C2)CC3)cc1F. The molecule has 192 valence electrons. The highest BCUT2D eigenvalue weighted by Crippen LogP contribution is 2.33. The minimum absolute atomic E-state index is 0.0576. The molecule has 1 saturated heterocycles. The number of hydrogen-bond acceptors (Lipinski definition) is 5. The summed E-state index contributed by atoms with van der Waals surface area (Å²) < 4.78 is 47.5. The van der Waals surface area contributed by atoms with Crippen molar-refractivity contribution in [3.8, 4) is 5.75 Å². The molecular weight excluding hydrogens is 471 g/mol. The third-order valence-corrected chi connectivity index (χ3v) is 7.17. The fraction of sp³-hybridized carbons (Fsp3) is 0.423. The second kappa shape index (κ2) is 10.4. The Morgan fingerprint density at radius 2 is 1.94 bits per heavy atom. The van der Waals surface area contributed by atoms with Crippen LogP contribution in [0.2, 0.25) is 0 Å². The molecule has 0 radical (unpaired) electrons. The molecule has 3 N–H and O–H groups in total. The fourth-order valence-electron chi connectivity index (χ4n) is 5.25. The number of carbonyl (C=O) groups excluding carboxylic acids is 1. The second-order valence-corrected chi connectivity index (χ2v) is 9.50. The number of urea groups is 1. The number of hydrogen-bond donors (Lipinski definition) is 3. The molecule has 0 aromatic heterocycles. The van der Waals surface area contributed by atoms with Crippen molar-refractivity contribution in [2.24, 2.45) is 0 Å². The number of piperidine rings is 1. The summed E-state index contributed by atoms with van der Waals surface area (Å²) in [6.07, 6.45) is 2.30. The highest BCUT2D eigenvalue weighted by atomic mass is 19.1. The fourth-order valence-corrected chi connectivity index (χ4v) is 5.25. The van der Waals surface area contributed by atoms with Crippen molar-refractivity contribution < 1.29 is 22.7 Å². The molecule has 2 aromatic carbocycles. The van der Waals surface area contributed by atoms with E-state index in [1.54, 1.807) is 11.0 Å². The molecule has 2 amide bonds. The van der Waals surface area contributed by atoms with Crippen LogP contribution in [-0.2, 0) is 6.54 Å². The van der Waals surface area contributed by atoms with Gasteiger partial charge in [0.15, 0.2) is 11.6 Å². The number of methoxy groups -OCH3 is 1. The monoisotopic (exact) mass is 501 g/mol. The van der Waals surface area contributed by atoms with Crippen molar-refractivity contribution in [1.29, 1.82) is 0 Å². The Kier molecular flexibility index (Phi) is 7.06. The minimum Gasteiger partial charge on any atom is -0.494 e. The van der Waals surface area contributed by atoms with Gasteiger partial charge in [0.2, 0.25) is 0 Å². The zero-order valence-corrected chi connectivity index (χ0v) is 20.1. The predicted octanol–water partition coefficient (Wildman–Crippen LogP) is 3.60. The minimum atomic E-state index is -0.552. The van der Waals surface area contributed by atoms with Crippen LogP contribution in [0.1, 0.15) is 36.4 Å². The van der Waals surface area contributed by atoms with Gasteiger partial charge in [-0.2, -0.15) is 0 Å². The van der Waals surface area contributed by atoms with E-state index < -0.39 is 17.5 Å². The molecule has 0 aliphatic carbocycles. The van der Waals surface area contributed by atoms with E-state index >= 15 is 0 Å². The van der Waals surface area contributed by atoms with Crippen LogP contribution in [0.4, 0.5) is 18.0 Å². The van der Waals surface area contributed by atoms with Crippen molar-refractivity contribution in [3.63, 3.8) is 0 Å². The molecule has 2 atom stereocenters. The van der Waals surface area contributed by atoms with E-state index in [0.29, 0.717) is 26.1 Å². The molecule has 0 saturated carbocycles. The smallest absolute Gasteiger partial charge is 0.317 e. The van der Waals surface area contributed by atoms with Gasteiger partial charge in [-0.05, 0) is 54.8 Å². The molecule has 1 unspecified atom stereocenters. The maximum absolute atomic E-state index is 14.3. The third-order valence-electron chi connectivity index (χ3n) is 7.17. The molecule has 0 bridgehead atoms. The number of rotatable bonds is 5. The second-order valence-electron chi connectivity index (χ2n) is 9.50. The maximum Gasteiger partial charge on any atom is 0.317 e. The Hall–Kier alpha value is -3.24. The summed E-state index contributed by atoms with van der Waals surface area (Å²) in [7, 11) is 1.43. The molecule has 36 heavy (non-hydrogen) atoms. The van der Waals surface area contributed by atoms with Gasteiger partial charge in [0, 0.05) is 49.9 Å². The van der Waals surface area contributed by atoms with Crippen LogP contribution in [0, 0.1) is 17.5 Å². The Bertz CT molecular complexity index is 1150. The molecule has 10 heteroatoms. The topological polar surface area (TPSA) is 68.9 Å². The van der Waals surface area contributed by atoms with E-state index in [1.165, 1.54) is 31.4 Å². The standard InChI is InChI=1S/C26H30F3N5O2/c1-36-24-8-7-16(12-22(24)29)25-19-15-34(11-9-23(19)31-32-25)26(35)30-17-4-3-10-33(13-17)14-18-20(27)5-2-6-21(18)28/h2,5-8,12,17,25,31-32H,3-4,9-11,13-15H2,1H3,(H,30,35)/t17-,25?/m1/s1. The van der Waals surface area contributed by atoms with Crippen molar-refractivity contribution in [3.05, 3.63) is 76.2 Å². The number of likely N-dealkylation sites (tertiary alicyclic amines) is 1. The van der Waals surface area contributed by atoms with E-state index in [-0.39, 0.29) is 36.0 Å². The van der Waals surface area contributed by atoms with Gasteiger partial charge in [0.05, 0.1) is 13.2 Å². The lowest BCUT2D eigenvalue weighted by atomic mass is 9.95. The van der Waals surface area contributed by atoms with Gasteiger partial charge in [0.1, 0.15) is 11.6 Å². The highest BCUT2D eigenvalue weighted by Gasteiger charge is 2.34. The van der Waals surface area contributed by atoms with Crippen LogP contribution < -0.4 is 20.9 Å². The predicted molar refractivity (Wildman–Crippen MR) is 128 cm³/mol. The zero-order chi connectivity index (χ0) is 25.2. The average Bonchev–Trinajstić information content (AvgIpc) is 3.30. The lowest BCUT2D eigenvalue weighted by molar-refractivity contribution is 0.162. The number of nitrogens with zero attached hydrogens (tertiary/aromatic N) is 2. The first kappa shape index (κ1) is 24.5. The lowest BCUT2D eigenvalue weighted by Crippen LogP contribution is -2.52. The first-order chi connectivity index (χ1) is 17.4. The largest absolute Gasteiger partial charge is 0.494 e. The molecular formula is C26H30F3N5O2. The van der Waals surface area contributed by atoms with Crippen LogP contribution in [-0.4, -0.2) is 55.2 Å². The first-order valence-electron chi connectivity index (χ1n) is 12.2. The van der Waals surface area contributed by atoms with Gasteiger partial charge in [-0.1, -0.05) is 12.1 Å². The van der Waals surface area contributed by atoms with E-state index in [2.05, 4.69) is 16.2 Å². The number of nitrogens with one attached hydrogen (secondary N) is 3. The zero-order valence-electron chi connectivity index (χ0n) is 20.1. The summed E-state index contributed by atoms with van der Waals surface area (Å²) in [5.41, 5.74) is 9.21. The third kappa shape index (κ3) is 5.01. The summed E-state index contributed by atoms with van der Waals surface area (Å²) in [4.78, 5) is 16.9. The number of hydrazine groups is 1. The van der Waals surface area contributed by atoms with Gasteiger partial charge < -0.3 is 20.4 Å². The number of ether oxygens (including phenoxy) is 1. The number of carbonyl (C=O) groups is 1. The van der Waals surface area contributed by atoms with Gasteiger partial charge in [-0.3, -0.25) is 4.90 Å². The number of benzene rings is 2. The van der Waals surface area contributed by atoms with E-state index in [0.717, 1.165) is 36.2 Å². The van der Waals surface area contributed by atoms with E-state index in [9.17, 15) is 18.0 Å². The molecule has 3 heterocycles. The first-order valence-corrected chi connectivity index (χ1v) is 12.2. The van der Waals surface area contributed by atoms with Crippen molar-refractivity contribution in [2.45, 2.75) is 37.9 Å². The Morgan fingerprint density at radius 3 is 2.69 bits per heavy atom. The highest BCUT2D eigenvalue weighted by molar-refractivity contribution is 5.75. The maximum atomic E-state index is 14.3. The summed E-state index contributed by atoms with van der Waals surface area (Å²) in [5.74, 6) is -1.36. The Labute approximate surface area is 208 Å². The van der Waals surface area contributed by atoms with Gasteiger partial charge in [0.25, 0.3) is 0 Å². The molecule has 0 spiro atoms. The Balaban J connectivity index is 1.21. The molecule has 1 fully saturated rings. The van der Waals surface area contributed by atoms with E-state index in [1.807, 2.05) is 11.0 Å². The van der Waals surface area contributed by atoms with E-state index in [4.69, 9.17) is 4.74 Å². The summed E-state index contributed by atoms with van der Waals surface area (Å²) in [5, 5.41) is 3.11.